The van der Waals surface area contributed by atoms with Crippen LogP contribution in [0.4, 0.5) is 0 Å². The molecule has 3 fully saturated rings. The van der Waals surface area contributed by atoms with E-state index in [4.69, 9.17) is 21.1 Å². The average Bonchev–Trinajstić information content (AvgIpc) is 3.26. The van der Waals surface area contributed by atoms with Crippen LogP contribution in [0.3, 0.4) is 0 Å². The second kappa shape index (κ2) is 6.00. The summed E-state index contributed by atoms with van der Waals surface area (Å²) in [5.41, 5.74) is 3.19. The molecule has 1 N–H and O–H groups in total. The Hall–Kier alpha value is -2.12. The summed E-state index contributed by atoms with van der Waals surface area (Å²) in [5, 5.41) is 1.44. The SMILES string of the molecule is Cc1cc(OCC(=O)NN2C(=O)[C@H]3[C@H](C2=O)[C@H]2CC[C@H]3O2)ccc1Cl. The Morgan fingerprint density at radius 2 is 1.92 bits per heavy atom. The summed E-state index contributed by atoms with van der Waals surface area (Å²) in [5.74, 6) is -1.80. The van der Waals surface area contributed by atoms with Crippen molar-refractivity contribution in [2.24, 2.45) is 11.8 Å². The number of hydrogen-bond donors (Lipinski definition) is 1. The van der Waals surface area contributed by atoms with E-state index >= 15 is 0 Å². The lowest BCUT2D eigenvalue weighted by atomic mass is 9.81. The van der Waals surface area contributed by atoms with Crippen LogP contribution in [0.5, 0.6) is 5.75 Å². The van der Waals surface area contributed by atoms with Gasteiger partial charge in [-0.3, -0.25) is 19.8 Å². The molecule has 3 amide bonds. The second-order valence-electron chi connectivity index (χ2n) is 6.59. The number of carbonyl (C=O) groups is 3. The molecule has 3 aliphatic heterocycles. The minimum Gasteiger partial charge on any atom is -0.484 e. The maximum Gasteiger partial charge on any atom is 0.276 e. The molecule has 8 heteroatoms. The number of fused-ring (bicyclic) bond motifs is 5. The van der Waals surface area contributed by atoms with Gasteiger partial charge in [0, 0.05) is 5.02 Å². The molecule has 132 valence electrons. The first-order chi connectivity index (χ1) is 12.0. The van der Waals surface area contributed by atoms with Crippen LogP contribution in [0.1, 0.15) is 18.4 Å². The highest BCUT2D eigenvalue weighted by molar-refractivity contribution is 6.31. The Labute approximate surface area is 149 Å². The molecule has 0 unspecified atom stereocenters. The molecule has 3 heterocycles. The third kappa shape index (κ3) is 2.67. The lowest BCUT2D eigenvalue weighted by Gasteiger charge is -2.18. The van der Waals surface area contributed by atoms with Gasteiger partial charge in [-0.1, -0.05) is 11.6 Å². The van der Waals surface area contributed by atoms with Crippen LogP contribution in [-0.4, -0.2) is 41.5 Å². The predicted octanol–water partition coefficient (Wildman–Crippen LogP) is 1.22. The summed E-state index contributed by atoms with van der Waals surface area (Å²) < 4.78 is 11.0. The van der Waals surface area contributed by atoms with Gasteiger partial charge in [0.2, 0.25) is 0 Å². The number of hydrazine groups is 1. The first-order valence-electron chi connectivity index (χ1n) is 8.17. The molecule has 0 radical (unpaired) electrons. The van der Waals surface area contributed by atoms with Gasteiger partial charge >= 0.3 is 0 Å². The first-order valence-corrected chi connectivity index (χ1v) is 8.55. The van der Waals surface area contributed by atoms with Crippen molar-refractivity contribution >= 4 is 29.3 Å². The number of nitrogens with zero attached hydrogens (tertiary/aromatic N) is 1. The van der Waals surface area contributed by atoms with Gasteiger partial charge in [-0.25, -0.2) is 0 Å². The molecule has 3 aliphatic rings. The number of amides is 3. The van der Waals surface area contributed by atoms with E-state index in [1.54, 1.807) is 18.2 Å². The minimum absolute atomic E-state index is 0.207. The van der Waals surface area contributed by atoms with Crippen LogP contribution >= 0.6 is 11.6 Å². The molecular weight excluding hydrogens is 348 g/mol. The fourth-order valence-electron chi connectivity index (χ4n) is 3.84. The van der Waals surface area contributed by atoms with Crippen LogP contribution in [-0.2, 0) is 19.1 Å². The van der Waals surface area contributed by atoms with Gasteiger partial charge in [-0.05, 0) is 43.5 Å². The van der Waals surface area contributed by atoms with Crippen molar-refractivity contribution in [1.29, 1.82) is 0 Å². The zero-order valence-corrected chi connectivity index (χ0v) is 14.3. The third-order valence-corrected chi connectivity index (χ3v) is 5.44. The Balaban J connectivity index is 1.37. The Bertz CT molecular complexity index is 739. The molecule has 25 heavy (non-hydrogen) atoms. The molecule has 7 nitrogen and oxygen atoms in total. The van der Waals surface area contributed by atoms with Crippen LogP contribution < -0.4 is 10.2 Å². The van der Waals surface area contributed by atoms with E-state index in [0.29, 0.717) is 10.8 Å². The molecule has 2 bridgehead atoms. The predicted molar refractivity (Wildman–Crippen MR) is 86.6 cm³/mol. The zero-order valence-electron chi connectivity index (χ0n) is 13.5. The van der Waals surface area contributed by atoms with Gasteiger partial charge < -0.3 is 9.47 Å². The number of nitrogens with one attached hydrogen (secondary N) is 1. The van der Waals surface area contributed by atoms with Gasteiger partial charge in [-0.2, -0.15) is 5.01 Å². The molecule has 0 saturated carbocycles. The number of ether oxygens (including phenoxy) is 2. The van der Waals surface area contributed by atoms with Crippen molar-refractivity contribution in [1.82, 2.24) is 10.4 Å². The highest BCUT2D eigenvalue weighted by Crippen LogP contribution is 2.47. The second-order valence-corrected chi connectivity index (χ2v) is 7.00. The van der Waals surface area contributed by atoms with Gasteiger partial charge in [0.25, 0.3) is 17.7 Å². The van der Waals surface area contributed by atoms with Crippen molar-refractivity contribution in [3.63, 3.8) is 0 Å². The van der Waals surface area contributed by atoms with E-state index in [9.17, 15) is 14.4 Å². The molecule has 3 saturated heterocycles. The van der Waals surface area contributed by atoms with Crippen molar-refractivity contribution in [3.8, 4) is 5.75 Å². The highest BCUT2D eigenvalue weighted by atomic mass is 35.5. The molecule has 1 aromatic carbocycles. The summed E-state index contributed by atoms with van der Waals surface area (Å²) in [6.07, 6.45) is 1.15. The fourth-order valence-corrected chi connectivity index (χ4v) is 3.95. The van der Waals surface area contributed by atoms with Crippen molar-refractivity contribution in [2.75, 3.05) is 6.61 Å². The molecule has 4 rings (SSSR count). The molecular formula is C17H17ClN2O5. The average molecular weight is 365 g/mol. The van der Waals surface area contributed by atoms with E-state index in [-0.39, 0.29) is 18.8 Å². The van der Waals surface area contributed by atoms with Crippen molar-refractivity contribution in [2.45, 2.75) is 32.0 Å². The molecule has 1 aromatic rings. The molecule has 0 aliphatic carbocycles. The quantitative estimate of drug-likeness (QED) is 0.812. The van der Waals surface area contributed by atoms with Crippen LogP contribution in [0, 0.1) is 18.8 Å². The molecule has 0 aromatic heterocycles. The monoisotopic (exact) mass is 364 g/mol. The minimum atomic E-state index is -0.567. The van der Waals surface area contributed by atoms with Gasteiger partial charge in [-0.15, -0.1) is 0 Å². The largest absolute Gasteiger partial charge is 0.484 e. The van der Waals surface area contributed by atoms with E-state index in [0.717, 1.165) is 23.4 Å². The smallest absolute Gasteiger partial charge is 0.276 e. The Kier molecular flexibility index (Phi) is 3.92. The molecule has 0 spiro atoms. The van der Waals surface area contributed by atoms with Crippen LogP contribution in [0.25, 0.3) is 0 Å². The number of imide groups is 1. The van der Waals surface area contributed by atoms with Gasteiger partial charge in [0.05, 0.1) is 24.0 Å². The maximum absolute atomic E-state index is 12.4. The number of halogens is 1. The van der Waals surface area contributed by atoms with Gasteiger partial charge in [0.1, 0.15) is 5.75 Å². The lowest BCUT2D eigenvalue weighted by Crippen LogP contribution is -2.49. The maximum atomic E-state index is 12.4. The van der Waals surface area contributed by atoms with Gasteiger partial charge in [0.15, 0.2) is 6.61 Å². The Morgan fingerprint density at radius 3 is 2.52 bits per heavy atom. The first kappa shape index (κ1) is 16.4. The normalized spacial score (nSPS) is 29.9. The van der Waals surface area contributed by atoms with E-state index in [2.05, 4.69) is 5.43 Å². The van der Waals surface area contributed by atoms with E-state index in [1.807, 2.05) is 6.92 Å². The van der Waals surface area contributed by atoms with E-state index in [1.165, 1.54) is 0 Å². The van der Waals surface area contributed by atoms with Crippen molar-refractivity contribution < 1.29 is 23.9 Å². The summed E-state index contributed by atoms with van der Waals surface area (Å²) in [6.45, 7) is 1.52. The van der Waals surface area contributed by atoms with E-state index < -0.39 is 29.6 Å². The van der Waals surface area contributed by atoms with Crippen LogP contribution in [0.15, 0.2) is 18.2 Å². The van der Waals surface area contributed by atoms with Crippen molar-refractivity contribution in [3.05, 3.63) is 28.8 Å². The topological polar surface area (TPSA) is 84.9 Å². The number of rotatable bonds is 4. The standard InChI is InChI=1S/C17H17ClN2O5/c1-8-6-9(2-3-10(8)18)24-7-13(21)19-20-16(22)14-11-4-5-12(25-11)15(14)17(20)23/h2-3,6,11-12,14-15H,4-5,7H2,1H3,(H,19,21)/t11-,12-,14-,15-/m1/s1. The summed E-state index contributed by atoms with van der Waals surface area (Å²) in [6, 6.07) is 5.03. The Morgan fingerprint density at radius 1 is 1.28 bits per heavy atom. The number of aryl methyl sites for hydroxylation is 1. The number of benzene rings is 1. The number of carbonyl (C=O) groups excluding carboxylic acids is 3. The summed E-state index contributed by atoms with van der Waals surface area (Å²) in [4.78, 5) is 36.9. The molecule has 4 atom stereocenters. The lowest BCUT2D eigenvalue weighted by molar-refractivity contribution is -0.151. The fraction of sp³-hybridized carbons (Fsp3) is 0.471. The zero-order chi connectivity index (χ0) is 17.7. The third-order valence-electron chi connectivity index (χ3n) is 5.02. The number of hydrogen-bond acceptors (Lipinski definition) is 5. The summed E-state index contributed by atoms with van der Waals surface area (Å²) >= 11 is 5.94. The summed E-state index contributed by atoms with van der Waals surface area (Å²) in [7, 11) is 0. The van der Waals surface area contributed by atoms with Crippen LogP contribution in [0.2, 0.25) is 5.02 Å². The highest BCUT2D eigenvalue weighted by Gasteiger charge is 2.62.